The number of carbonyl (C=O) groups is 1. The molecule has 146 valence electrons. The molecule has 0 radical (unpaired) electrons. The lowest BCUT2D eigenvalue weighted by atomic mass is 10.1. The Morgan fingerprint density at radius 2 is 1.97 bits per heavy atom. The van der Waals surface area contributed by atoms with E-state index in [9.17, 15) is 4.79 Å². The largest absolute Gasteiger partial charge is 0.478 e. The van der Waals surface area contributed by atoms with Gasteiger partial charge in [-0.25, -0.2) is 14.8 Å². The van der Waals surface area contributed by atoms with Crippen molar-refractivity contribution in [3.05, 3.63) is 83.0 Å². The molecular formula is C21H19N5O3. The van der Waals surface area contributed by atoms with E-state index in [1.165, 1.54) is 0 Å². The number of aromatic carboxylic acids is 1. The van der Waals surface area contributed by atoms with Crippen LogP contribution in [0.4, 0.5) is 11.6 Å². The summed E-state index contributed by atoms with van der Waals surface area (Å²) >= 11 is 0. The maximum Gasteiger partial charge on any atom is 0.335 e. The highest BCUT2D eigenvalue weighted by Crippen LogP contribution is 2.34. The van der Waals surface area contributed by atoms with Gasteiger partial charge in [0.25, 0.3) is 0 Å². The summed E-state index contributed by atoms with van der Waals surface area (Å²) in [6.07, 6.45) is 1.69. The Morgan fingerprint density at radius 1 is 1.21 bits per heavy atom. The summed E-state index contributed by atoms with van der Waals surface area (Å²) in [6, 6.07) is 14.2. The number of aryl methyl sites for hydroxylation is 1. The number of rotatable bonds is 5. The molecule has 0 atom stereocenters. The molecule has 0 bridgehead atoms. The molecule has 1 aliphatic rings. The molecule has 2 aromatic carbocycles. The standard InChI is InChI=1S/C21H19N5O3/c1-12-10-23-21(24-11-13-6-8-14(9-7-13)20(27)28)26-18(12)17(22)19-25-15-4-2-3-5-16(15)29-19/h2-10,25H,11,22H2,1H3,(H,27,28)(H,23,24,26)/b19-17+. The van der Waals surface area contributed by atoms with Crippen molar-refractivity contribution in [1.82, 2.24) is 9.97 Å². The van der Waals surface area contributed by atoms with Crippen LogP contribution in [0.2, 0.25) is 0 Å². The molecule has 0 aliphatic carbocycles. The molecule has 8 heteroatoms. The molecule has 3 aromatic rings. The molecule has 1 aliphatic heterocycles. The van der Waals surface area contributed by atoms with Crippen LogP contribution < -0.4 is 21.1 Å². The van der Waals surface area contributed by atoms with Gasteiger partial charge in [-0.1, -0.05) is 24.3 Å². The van der Waals surface area contributed by atoms with E-state index in [4.69, 9.17) is 15.6 Å². The number of nitrogens with zero attached hydrogens (tertiary/aromatic N) is 2. The number of carboxylic acids is 1. The predicted molar refractivity (Wildman–Crippen MR) is 109 cm³/mol. The summed E-state index contributed by atoms with van der Waals surface area (Å²) in [5, 5.41) is 15.3. The van der Waals surface area contributed by atoms with Crippen molar-refractivity contribution in [1.29, 1.82) is 0 Å². The number of hydrogen-bond donors (Lipinski definition) is 4. The van der Waals surface area contributed by atoms with E-state index in [2.05, 4.69) is 20.6 Å². The molecule has 0 fully saturated rings. The number of ether oxygens (including phenoxy) is 1. The lowest BCUT2D eigenvalue weighted by molar-refractivity contribution is 0.0697. The van der Waals surface area contributed by atoms with Gasteiger partial charge < -0.3 is 26.2 Å². The summed E-state index contributed by atoms with van der Waals surface area (Å²) in [7, 11) is 0. The highest BCUT2D eigenvalue weighted by Gasteiger charge is 2.21. The molecule has 1 aromatic heterocycles. The topological polar surface area (TPSA) is 122 Å². The average molecular weight is 389 g/mol. The summed E-state index contributed by atoms with van der Waals surface area (Å²) in [4.78, 5) is 19.8. The fourth-order valence-electron chi connectivity index (χ4n) is 2.89. The number of aromatic nitrogens is 2. The van der Waals surface area contributed by atoms with E-state index < -0.39 is 5.97 Å². The van der Waals surface area contributed by atoms with Crippen LogP contribution >= 0.6 is 0 Å². The van der Waals surface area contributed by atoms with Crippen LogP contribution in [0.25, 0.3) is 5.70 Å². The van der Waals surface area contributed by atoms with Gasteiger partial charge in [0.15, 0.2) is 5.75 Å². The summed E-state index contributed by atoms with van der Waals surface area (Å²) in [6.45, 7) is 2.32. The van der Waals surface area contributed by atoms with E-state index in [1.807, 2.05) is 31.2 Å². The molecular weight excluding hydrogens is 370 g/mol. The second-order valence-electron chi connectivity index (χ2n) is 6.55. The second-order valence-corrected chi connectivity index (χ2v) is 6.55. The van der Waals surface area contributed by atoms with Gasteiger partial charge in [-0.3, -0.25) is 0 Å². The van der Waals surface area contributed by atoms with Gasteiger partial charge in [-0.15, -0.1) is 0 Å². The van der Waals surface area contributed by atoms with E-state index in [0.29, 0.717) is 35.5 Å². The monoisotopic (exact) mass is 389 g/mol. The quantitative estimate of drug-likeness (QED) is 0.525. The maximum absolute atomic E-state index is 10.9. The highest BCUT2D eigenvalue weighted by molar-refractivity contribution is 5.87. The van der Waals surface area contributed by atoms with Crippen molar-refractivity contribution in [2.75, 3.05) is 10.6 Å². The average Bonchev–Trinajstić information content (AvgIpc) is 3.17. The highest BCUT2D eigenvalue weighted by atomic mass is 16.5. The molecule has 4 rings (SSSR count). The number of hydrogen-bond acceptors (Lipinski definition) is 7. The Labute approximate surface area is 167 Å². The lowest BCUT2D eigenvalue weighted by Gasteiger charge is -2.11. The molecule has 0 amide bonds. The van der Waals surface area contributed by atoms with E-state index in [1.54, 1.807) is 30.5 Å². The fourth-order valence-corrected chi connectivity index (χ4v) is 2.89. The zero-order valence-electron chi connectivity index (χ0n) is 15.6. The first-order valence-corrected chi connectivity index (χ1v) is 8.95. The third-order valence-electron chi connectivity index (χ3n) is 4.47. The van der Waals surface area contributed by atoms with Crippen LogP contribution in [0.3, 0.4) is 0 Å². The number of carboxylic acid groups (broad SMARTS) is 1. The first-order valence-electron chi connectivity index (χ1n) is 8.95. The molecule has 29 heavy (non-hydrogen) atoms. The number of benzene rings is 2. The third kappa shape index (κ3) is 3.81. The zero-order valence-corrected chi connectivity index (χ0v) is 15.6. The van der Waals surface area contributed by atoms with Crippen molar-refractivity contribution in [2.45, 2.75) is 13.5 Å². The van der Waals surface area contributed by atoms with Gasteiger partial charge >= 0.3 is 5.97 Å². The number of fused-ring (bicyclic) bond motifs is 1. The van der Waals surface area contributed by atoms with Crippen molar-refractivity contribution in [3.63, 3.8) is 0 Å². The SMILES string of the molecule is Cc1cnc(NCc2ccc(C(=O)O)cc2)nc1/C(N)=C1/Nc2ccccc2O1. The minimum atomic E-state index is -0.954. The first kappa shape index (κ1) is 18.3. The van der Waals surface area contributed by atoms with Crippen LogP contribution in [0.1, 0.15) is 27.2 Å². The van der Waals surface area contributed by atoms with Gasteiger partial charge in [-0.05, 0) is 42.3 Å². The van der Waals surface area contributed by atoms with Crippen LogP contribution in [0.15, 0.2) is 60.6 Å². The maximum atomic E-state index is 10.9. The molecule has 8 nitrogen and oxygen atoms in total. The Hall–Kier alpha value is -4.07. The Morgan fingerprint density at radius 3 is 2.69 bits per heavy atom. The molecule has 5 N–H and O–H groups in total. The van der Waals surface area contributed by atoms with E-state index >= 15 is 0 Å². The Bertz CT molecular complexity index is 1080. The predicted octanol–water partition coefficient (Wildman–Crippen LogP) is 3.18. The fraction of sp³-hybridized carbons (Fsp3) is 0.0952. The van der Waals surface area contributed by atoms with Crippen molar-refractivity contribution < 1.29 is 14.6 Å². The van der Waals surface area contributed by atoms with Crippen LogP contribution in [-0.2, 0) is 6.54 Å². The number of nitrogens with two attached hydrogens (primary N) is 1. The normalized spacial score (nSPS) is 13.8. The minimum absolute atomic E-state index is 0.243. The second kappa shape index (κ2) is 7.51. The lowest BCUT2D eigenvalue weighted by Crippen LogP contribution is -2.13. The molecule has 0 unspecified atom stereocenters. The van der Waals surface area contributed by atoms with Gasteiger partial charge in [0, 0.05) is 12.7 Å². The van der Waals surface area contributed by atoms with Gasteiger partial charge in [-0.2, -0.15) is 0 Å². The number of nitrogens with one attached hydrogen (secondary N) is 2. The van der Waals surface area contributed by atoms with Gasteiger partial charge in [0.1, 0.15) is 5.70 Å². The smallest absolute Gasteiger partial charge is 0.335 e. The number of para-hydroxylation sites is 2. The third-order valence-corrected chi connectivity index (χ3v) is 4.47. The van der Waals surface area contributed by atoms with Gasteiger partial charge in [0.2, 0.25) is 11.8 Å². The van der Waals surface area contributed by atoms with Crippen LogP contribution in [-0.4, -0.2) is 21.0 Å². The summed E-state index contributed by atoms with van der Waals surface area (Å²) < 4.78 is 5.79. The summed E-state index contributed by atoms with van der Waals surface area (Å²) in [5.74, 6) is 0.597. The minimum Gasteiger partial charge on any atom is -0.478 e. The van der Waals surface area contributed by atoms with Gasteiger partial charge in [0.05, 0.1) is 16.9 Å². The van der Waals surface area contributed by atoms with Crippen molar-refractivity contribution >= 4 is 23.3 Å². The number of anilines is 2. The van der Waals surface area contributed by atoms with Crippen LogP contribution in [0, 0.1) is 6.92 Å². The Balaban J connectivity index is 1.52. The van der Waals surface area contributed by atoms with Crippen LogP contribution in [0.5, 0.6) is 5.75 Å². The molecule has 0 saturated heterocycles. The van der Waals surface area contributed by atoms with E-state index in [0.717, 1.165) is 16.8 Å². The molecule has 2 heterocycles. The first-order chi connectivity index (χ1) is 14.0. The molecule has 0 spiro atoms. The summed E-state index contributed by atoms with van der Waals surface area (Å²) in [5.41, 5.74) is 10.1. The Kier molecular flexibility index (Phi) is 4.74. The molecule has 0 saturated carbocycles. The zero-order chi connectivity index (χ0) is 20.4. The van der Waals surface area contributed by atoms with Crippen molar-refractivity contribution in [3.8, 4) is 5.75 Å². The van der Waals surface area contributed by atoms with E-state index in [-0.39, 0.29) is 5.56 Å². The van der Waals surface area contributed by atoms with Crippen molar-refractivity contribution in [2.24, 2.45) is 5.73 Å².